The van der Waals surface area contributed by atoms with Crippen LogP contribution in [0.4, 0.5) is 0 Å². The molecule has 27 heavy (non-hydrogen) atoms. The summed E-state index contributed by atoms with van der Waals surface area (Å²) in [4.78, 5) is 20.2. The van der Waals surface area contributed by atoms with Crippen LogP contribution in [0.3, 0.4) is 0 Å². The van der Waals surface area contributed by atoms with Gasteiger partial charge >= 0.3 is 0 Å². The van der Waals surface area contributed by atoms with Crippen molar-refractivity contribution in [2.45, 2.75) is 45.1 Å². The summed E-state index contributed by atoms with van der Waals surface area (Å²) in [6.07, 6.45) is 7.07. The van der Waals surface area contributed by atoms with Crippen LogP contribution in [0, 0.1) is 0 Å². The Morgan fingerprint density at radius 3 is 2.89 bits per heavy atom. The largest absolute Gasteiger partial charge is 0.460 e. The van der Waals surface area contributed by atoms with Crippen LogP contribution in [0.15, 0.2) is 46.5 Å². The zero-order valence-electron chi connectivity index (χ0n) is 15.6. The number of nitrogens with zero attached hydrogens (tertiary/aromatic N) is 3. The van der Waals surface area contributed by atoms with Crippen molar-refractivity contribution in [1.82, 2.24) is 14.5 Å². The van der Waals surface area contributed by atoms with E-state index in [0.717, 1.165) is 48.9 Å². The summed E-state index contributed by atoms with van der Waals surface area (Å²) < 4.78 is 8.10. The molecule has 1 saturated heterocycles. The fourth-order valence-corrected chi connectivity index (χ4v) is 4.47. The molecule has 6 heteroatoms. The number of imidazole rings is 1. The Labute approximate surface area is 163 Å². The molecule has 1 amide bonds. The lowest BCUT2D eigenvalue weighted by Crippen LogP contribution is -2.38. The van der Waals surface area contributed by atoms with Gasteiger partial charge < -0.3 is 13.9 Å². The highest BCUT2D eigenvalue weighted by Gasteiger charge is 2.26. The zero-order valence-corrected chi connectivity index (χ0v) is 16.5. The van der Waals surface area contributed by atoms with E-state index in [-0.39, 0.29) is 5.91 Å². The Bertz CT molecular complexity index is 873. The number of carbonyl (C=O) groups is 1. The highest BCUT2D eigenvalue weighted by atomic mass is 32.1. The second-order valence-corrected chi connectivity index (χ2v) is 7.92. The summed E-state index contributed by atoms with van der Waals surface area (Å²) in [7, 11) is 0. The summed E-state index contributed by atoms with van der Waals surface area (Å²) >= 11 is 1.66. The number of rotatable bonds is 6. The van der Waals surface area contributed by atoms with Gasteiger partial charge in [-0.15, -0.1) is 11.3 Å². The van der Waals surface area contributed by atoms with Gasteiger partial charge in [0.1, 0.15) is 17.3 Å². The number of aryl methyl sites for hydroxylation is 2. The van der Waals surface area contributed by atoms with E-state index in [4.69, 9.17) is 4.42 Å². The Hall–Kier alpha value is -2.34. The van der Waals surface area contributed by atoms with Crippen molar-refractivity contribution in [3.8, 4) is 10.6 Å². The third-order valence-electron chi connectivity index (χ3n) is 5.31. The summed E-state index contributed by atoms with van der Waals surface area (Å²) in [5.74, 6) is 3.62. The Balaban J connectivity index is 1.27. The minimum Gasteiger partial charge on any atom is -0.460 e. The molecule has 1 fully saturated rings. The molecule has 5 nitrogen and oxygen atoms in total. The van der Waals surface area contributed by atoms with E-state index in [9.17, 15) is 4.79 Å². The van der Waals surface area contributed by atoms with Gasteiger partial charge in [0.15, 0.2) is 0 Å². The minimum absolute atomic E-state index is 0.223. The predicted molar refractivity (Wildman–Crippen MR) is 107 cm³/mol. The Morgan fingerprint density at radius 1 is 1.30 bits per heavy atom. The van der Waals surface area contributed by atoms with Gasteiger partial charge in [-0.2, -0.15) is 0 Å². The van der Waals surface area contributed by atoms with Gasteiger partial charge in [0, 0.05) is 50.8 Å². The zero-order chi connectivity index (χ0) is 18.6. The lowest BCUT2D eigenvalue weighted by molar-refractivity contribution is -0.132. The number of hydrogen-bond acceptors (Lipinski definition) is 4. The van der Waals surface area contributed by atoms with Crippen LogP contribution < -0.4 is 0 Å². The maximum Gasteiger partial charge on any atom is 0.223 e. The molecule has 0 aromatic carbocycles. The molecule has 4 heterocycles. The molecule has 0 spiro atoms. The third kappa shape index (κ3) is 4.00. The lowest BCUT2D eigenvalue weighted by Gasteiger charge is -2.32. The van der Waals surface area contributed by atoms with Crippen molar-refractivity contribution in [2.24, 2.45) is 0 Å². The quantitative estimate of drug-likeness (QED) is 0.627. The fourth-order valence-electron chi connectivity index (χ4n) is 3.79. The predicted octanol–water partition coefficient (Wildman–Crippen LogP) is 4.56. The average molecular weight is 384 g/mol. The number of furan rings is 1. The molecule has 142 valence electrons. The van der Waals surface area contributed by atoms with Crippen molar-refractivity contribution >= 4 is 17.2 Å². The molecule has 4 rings (SSSR count). The number of piperidine rings is 1. The summed E-state index contributed by atoms with van der Waals surface area (Å²) in [6, 6.07) is 8.04. The SMILES string of the molecule is CCn1ccnc1C1CCN(C(=O)CCc2ccc(-c3cccs3)o2)CC1. The monoisotopic (exact) mass is 383 g/mol. The highest BCUT2D eigenvalue weighted by Crippen LogP contribution is 2.29. The molecule has 0 radical (unpaired) electrons. The van der Waals surface area contributed by atoms with Gasteiger partial charge in [0.2, 0.25) is 5.91 Å². The lowest BCUT2D eigenvalue weighted by atomic mass is 9.95. The number of hydrogen-bond donors (Lipinski definition) is 0. The van der Waals surface area contributed by atoms with Gasteiger partial charge in [-0.05, 0) is 43.3 Å². The number of likely N-dealkylation sites (tertiary alicyclic amines) is 1. The van der Waals surface area contributed by atoms with Crippen LogP contribution in [0.5, 0.6) is 0 Å². The number of thiophene rings is 1. The van der Waals surface area contributed by atoms with E-state index in [1.165, 1.54) is 5.82 Å². The van der Waals surface area contributed by atoms with Crippen LogP contribution in [0.25, 0.3) is 10.6 Å². The third-order valence-corrected chi connectivity index (χ3v) is 6.20. The van der Waals surface area contributed by atoms with Crippen molar-refractivity contribution < 1.29 is 9.21 Å². The summed E-state index contributed by atoms with van der Waals surface area (Å²) in [6.45, 7) is 4.73. The fraction of sp³-hybridized carbons (Fsp3) is 0.429. The maximum absolute atomic E-state index is 12.6. The van der Waals surface area contributed by atoms with E-state index < -0.39 is 0 Å². The number of carbonyl (C=O) groups excluding carboxylic acids is 1. The normalized spacial score (nSPS) is 15.4. The van der Waals surface area contributed by atoms with E-state index in [1.807, 2.05) is 46.9 Å². The Morgan fingerprint density at radius 2 is 2.15 bits per heavy atom. The van der Waals surface area contributed by atoms with Crippen molar-refractivity contribution in [2.75, 3.05) is 13.1 Å². The molecule has 0 unspecified atom stereocenters. The van der Waals surface area contributed by atoms with Crippen LogP contribution >= 0.6 is 11.3 Å². The first-order valence-electron chi connectivity index (χ1n) is 9.66. The molecule has 1 aliphatic rings. The molecule has 3 aromatic rings. The number of amides is 1. The molecule has 3 aromatic heterocycles. The number of aromatic nitrogens is 2. The Kier molecular flexibility index (Phi) is 5.43. The minimum atomic E-state index is 0.223. The maximum atomic E-state index is 12.6. The molecular weight excluding hydrogens is 358 g/mol. The van der Waals surface area contributed by atoms with Crippen molar-refractivity contribution in [3.63, 3.8) is 0 Å². The summed E-state index contributed by atoms with van der Waals surface area (Å²) in [5.41, 5.74) is 0. The second kappa shape index (κ2) is 8.13. The van der Waals surface area contributed by atoms with Gasteiger partial charge in [-0.1, -0.05) is 6.07 Å². The highest BCUT2D eigenvalue weighted by molar-refractivity contribution is 7.13. The van der Waals surface area contributed by atoms with Gasteiger partial charge in [-0.25, -0.2) is 4.98 Å². The second-order valence-electron chi connectivity index (χ2n) is 6.97. The molecule has 0 atom stereocenters. The van der Waals surface area contributed by atoms with Crippen LogP contribution in [0.1, 0.15) is 43.7 Å². The first kappa shape index (κ1) is 18.0. The molecule has 0 bridgehead atoms. The van der Waals surface area contributed by atoms with Gasteiger partial charge in [-0.3, -0.25) is 4.79 Å². The van der Waals surface area contributed by atoms with Crippen LogP contribution in [-0.4, -0.2) is 33.4 Å². The van der Waals surface area contributed by atoms with Crippen molar-refractivity contribution in [3.05, 3.63) is 53.6 Å². The van der Waals surface area contributed by atoms with E-state index in [0.29, 0.717) is 18.8 Å². The molecule has 0 aliphatic carbocycles. The van der Waals surface area contributed by atoms with Crippen molar-refractivity contribution in [1.29, 1.82) is 0 Å². The standard InChI is InChI=1S/C21H25N3O2S/c1-2-23-14-11-22-21(23)16-9-12-24(13-10-16)20(25)8-6-17-5-7-18(26-17)19-4-3-15-27-19/h3-5,7,11,14-16H,2,6,8-10,12-13H2,1H3. The first-order valence-corrected chi connectivity index (χ1v) is 10.5. The molecule has 0 saturated carbocycles. The molecular formula is C21H25N3O2S. The van der Waals surface area contributed by atoms with Crippen LogP contribution in [0.2, 0.25) is 0 Å². The first-order chi connectivity index (χ1) is 13.2. The van der Waals surface area contributed by atoms with Gasteiger partial charge in [0.05, 0.1) is 4.88 Å². The smallest absolute Gasteiger partial charge is 0.223 e. The topological polar surface area (TPSA) is 51.3 Å². The average Bonchev–Trinajstić information content (AvgIpc) is 3.47. The molecule has 1 aliphatic heterocycles. The van der Waals surface area contributed by atoms with Gasteiger partial charge in [0.25, 0.3) is 0 Å². The molecule has 0 N–H and O–H groups in total. The van der Waals surface area contributed by atoms with E-state index >= 15 is 0 Å². The van der Waals surface area contributed by atoms with E-state index in [2.05, 4.69) is 16.5 Å². The van der Waals surface area contributed by atoms with E-state index in [1.54, 1.807) is 11.3 Å². The van der Waals surface area contributed by atoms with Crippen LogP contribution in [-0.2, 0) is 17.8 Å². The summed E-state index contributed by atoms with van der Waals surface area (Å²) in [5, 5.41) is 2.04.